The van der Waals surface area contributed by atoms with Crippen molar-refractivity contribution in [2.45, 2.75) is 6.92 Å². The number of hydrogen-bond acceptors (Lipinski definition) is 4. The van der Waals surface area contributed by atoms with Crippen LogP contribution < -0.4 is 10.9 Å². The number of aromatic hydroxyl groups is 1. The molecule has 0 saturated carbocycles. The SMILES string of the molecule is Cc1nn(C)c(=O)c(C(=O)Nc2ccccc2)c1O. The highest BCUT2D eigenvalue weighted by atomic mass is 16.3. The van der Waals surface area contributed by atoms with E-state index in [2.05, 4.69) is 10.4 Å². The number of amides is 1. The molecule has 0 unspecified atom stereocenters. The maximum Gasteiger partial charge on any atom is 0.283 e. The number of benzene rings is 1. The van der Waals surface area contributed by atoms with Crippen LogP contribution in [0.2, 0.25) is 0 Å². The van der Waals surface area contributed by atoms with Crippen molar-refractivity contribution >= 4 is 11.6 Å². The van der Waals surface area contributed by atoms with Crippen LogP contribution >= 0.6 is 0 Å². The number of para-hydroxylation sites is 1. The van der Waals surface area contributed by atoms with Gasteiger partial charge in [0.2, 0.25) is 0 Å². The van der Waals surface area contributed by atoms with E-state index >= 15 is 0 Å². The van der Waals surface area contributed by atoms with Gasteiger partial charge in [0.05, 0.1) is 0 Å². The average molecular weight is 259 g/mol. The summed E-state index contributed by atoms with van der Waals surface area (Å²) in [5, 5.41) is 16.2. The predicted octanol–water partition coefficient (Wildman–Crippen LogP) is 1.05. The summed E-state index contributed by atoms with van der Waals surface area (Å²) in [6.45, 7) is 1.52. The fraction of sp³-hybridized carbons (Fsp3) is 0.154. The van der Waals surface area contributed by atoms with E-state index in [4.69, 9.17) is 0 Å². The third-order valence-electron chi connectivity index (χ3n) is 2.65. The van der Waals surface area contributed by atoms with E-state index in [-0.39, 0.29) is 11.3 Å². The number of hydrogen-bond donors (Lipinski definition) is 2. The molecule has 0 aliphatic rings. The van der Waals surface area contributed by atoms with Crippen molar-refractivity contribution in [1.29, 1.82) is 0 Å². The maximum atomic E-state index is 12.0. The van der Waals surface area contributed by atoms with Crippen molar-refractivity contribution in [2.24, 2.45) is 7.05 Å². The molecule has 0 aliphatic carbocycles. The largest absolute Gasteiger partial charge is 0.505 e. The minimum Gasteiger partial charge on any atom is -0.505 e. The Morgan fingerprint density at radius 1 is 1.32 bits per heavy atom. The van der Waals surface area contributed by atoms with Crippen molar-refractivity contribution in [3.05, 3.63) is 51.9 Å². The molecule has 2 aromatic rings. The Labute approximate surface area is 109 Å². The zero-order valence-electron chi connectivity index (χ0n) is 10.5. The van der Waals surface area contributed by atoms with Crippen molar-refractivity contribution in [3.63, 3.8) is 0 Å². The van der Waals surface area contributed by atoms with Crippen LogP contribution in [0, 0.1) is 6.92 Å². The third kappa shape index (κ3) is 2.47. The van der Waals surface area contributed by atoms with Crippen molar-refractivity contribution in [1.82, 2.24) is 9.78 Å². The quantitative estimate of drug-likeness (QED) is 0.844. The summed E-state index contributed by atoms with van der Waals surface area (Å²) in [6.07, 6.45) is 0. The number of anilines is 1. The number of nitrogens with one attached hydrogen (secondary N) is 1. The van der Waals surface area contributed by atoms with Gasteiger partial charge in [-0.3, -0.25) is 9.59 Å². The first-order chi connectivity index (χ1) is 9.00. The molecule has 0 atom stereocenters. The highest BCUT2D eigenvalue weighted by Gasteiger charge is 2.20. The Morgan fingerprint density at radius 2 is 1.95 bits per heavy atom. The number of rotatable bonds is 2. The van der Waals surface area contributed by atoms with Gasteiger partial charge in [-0.2, -0.15) is 5.10 Å². The van der Waals surface area contributed by atoms with Crippen molar-refractivity contribution < 1.29 is 9.90 Å². The van der Waals surface area contributed by atoms with Gasteiger partial charge in [-0.25, -0.2) is 4.68 Å². The highest BCUT2D eigenvalue weighted by Crippen LogP contribution is 2.17. The molecule has 0 fully saturated rings. The second-order valence-electron chi connectivity index (χ2n) is 4.06. The van der Waals surface area contributed by atoms with Crippen LogP contribution in [0.3, 0.4) is 0 Å². The first-order valence-corrected chi connectivity index (χ1v) is 5.64. The molecule has 6 nitrogen and oxygen atoms in total. The minimum atomic E-state index is -0.658. The van der Waals surface area contributed by atoms with E-state index < -0.39 is 17.2 Å². The molecule has 1 aromatic heterocycles. The van der Waals surface area contributed by atoms with Crippen LogP contribution in [0.25, 0.3) is 0 Å². The molecule has 0 aliphatic heterocycles. The molecule has 1 heterocycles. The zero-order valence-corrected chi connectivity index (χ0v) is 10.5. The lowest BCUT2D eigenvalue weighted by Gasteiger charge is -2.09. The number of carbonyl (C=O) groups is 1. The van der Waals surface area contributed by atoms with Gasteiger partial charge in [-0.05, 0) is 19.1 Å². The molecule has 19 heavy (non-hydrogen) atoms. The topological polar surface area (TPSA) is 84.2 Å². The standard InChI is InChI=1S/C13H13N3O3/c1-8-11(17)10(13(19)16(2)15-8)12(18)14-9-6-4-3-5-7-9/h3-7,17H,1-2H3,(H,14,18). The molecule has 1 aromatic carbocycles. The Hall–Kier alpha value is -2.63. The third-order valence-corrected chi connectivity index (χ3v) is 2.65. The molecule has 2 N–H and O–H groups in total. The van der Waals surface area contributed by atoms with Gasteiger partial charge >= 0.3 is 0 Å². The summed E-state index contributed by atoms with van der Waals surface area (Å²) < 4.78 is 1.02. The molecule has 0 saturated heterocycles. The summed E-state index contributed by atoms with van der Waals surface area (Å²) in [5.41, 5.74) is -0.181. The maximum absolute atomic E-state index is 12.0. The first-order valence-electron chi connectivity index (χ1n) is 5.64. The number of nitrogens with zero attached hydrogens (tertiary/aromatic N) is 2. The molecule has 2 rings (SSSR count). The van der Waals surface area contributed by atoms with Crippen LogP contribution in [0.15, 0.2) is 35.1 Å². The molecular weight excluding hydrogens is 246 g/mol. The lowest BCUT2D eigenvalue weighted by Crippen LogP contribution is -2.30. The summed E-state index contributed by atoms with van der Waals surface area (Å²) in [5.74, 6) is -1.05. The van der Waals surface area contributed by atoms with Gasteiger partial charge < -0.3 is 10.4 Å². The van der Waals surface area contributed by atoms with Gasteiger partial charge in [0, 0.05) is 12.7 Å². The molecule has 6 heteroatoms. The Morgan fingerprint density at radius 3 is 2.58 bits per heavy atom. The van der Waals surface area contributed by atoms with E-state index in [9.17, 15) is 14.7 Å². The number of aromatic nitrogens is 2. The monoisotopic (exact) mass is 259 g/mol. The van der Waals surface area contributed by atoms with Crippen LogP contribution in [-0.2, 0) is 7.05 Å². The van der Waals surface area contributed by atoms with E-state index in [1.165, 1.54) is 14.0 Å². The fourth-order valence-corrected chi connectivity index (χ4v) is 1.68. The fourth-order valence-electron chi connectivity index (χ4n) is 1.68. The lowest BCUT2D eigenvalue weighted by atomic mass is 10.2. The van der Waals surface area contributed by atoms with E-state index in [1.807, 2.05) is 6.07 Å². The lowest BCUT2D eigenvalue weighted by molar-refractivity contribution is 0.102. The van der Waals surface area contributed by atoms with Crippen LogP contribution in [0.4, 0.5) is 5.69 Å². The highest BCUT2D eigenvalue weighted by molar-refractivity contribution is 6.05. The van der Waals surface area contributed by atoms with E-state index in [0.717, 1.165) is 4.68 Å². The summed E-state index contributed by atoms with van der Waals surface area (Å²) in [4.78, 5) is 23.9. The molecule has 1 amide bonds. The normalized spacial score (nSPS) is 10.2. The van der Waals surface area contributed by atoms with E-state index in [0.29, 0.717) is 5.69 Å². The molecule has 0 spiro atoms. The summed E-state index contributed by atoms with van der Waals surface area (Å²) >= 11 is 0. The molecule has 0 bridgehead atoms. The van der Waals surface area contributed by atoms with Crippen LogP contribution in [0.5, 0.6) is 5.75 Å². The van der Waals surface area contributed by atoms with Crippen LogP contribution in [0.1, 0.15) is 16.1 Å². The van der Waals surface area contributed by atoms with Crippen molar-refractivity contribution in [2.75, 3.05) is 5.32 Å². The van der Waals surface area contributed by atoms with Gasteiger partial charge in [-0.1, -0.05) is 18.2 Å². The molecular formula is C13H13N3O3. The van der Waals surface area contributed by atoms with E-state index in [1.54, 1.807) is 24.3 Å². The van der Waals surface area contributed by atoms with Gasteiger partial charge in [0.25, 0.3) is 11.5 Å². The second kappa shape index (κ2) is 4.93. The van der Waals surface area contributed by atoms with Gasteiger partial charge in [0.1, 0.15) is 5.69 Å². The molecule has 0 radical (unpaired) electrons. The van der Waals surface area contributed by atoms with Crippen LogP contribution in [-0.4, -0.2) is 20.8 Å². The smallest absolute Gasteiger partial charge is 0.283 e. The van der Waals surface area contributed by atoms with Gasteiger partial charge in [0.15, 0.2) is 11.3 Å². The average Bonchev–Trinajstić information content (AvgIpc) is 2.38. The Bertz CT molecular complexity index is 678. The Kier molecular flexibility index (Phi) is 3.33. The zero-order chi connectivity index (χ0) is 14.0. The minimum absolute atomic E-state index is 0.223. The second-order valence-corrected chi connectivity index (χ2v) is 4.06. The summed E-state index contributed by atoms with van der Waals surface area (Å²) in [6, 6.07) is 8.69. The molecule has 98 valence electrons. The number of carbonyl (C=O) groups excluding carboxylic acids is 1. The predicted molar refractivity (Wildman–Crippen MR) is 70.3 cm³/mol. The van der Waals surface area contributed by atoms with Gasteiger partial charge in [-0.15, -0.1) is 0 Å². The summed E-state index contributed by atoms with van der Waals surface area (Å²) in [7, 11) is 1.42. The first kappa shape index (κ1) is 12.8. The van der Waals surface area contributed by atoms with Crippen molar-refractivity contribution in [3.8, 4) is 5.75 Å². The Balaban J connectivity index is 2.43. The number of aryl methyl sites for hydroxylation is 2.